The van der Waals surface area contributed by atoms with Crippen molar-refractivity contribution in [2.75, 3.05) is 26.3 Å². The standard InChI is InChI=1S/C27H24N2O2/c1-19-17-24(23-10-6-5-9-22(23)20-7-3-2-4-8-20)25-18-21(11-12-26(25)28-19)27(30)29-13-15-31-16-14-29/h2-12,17-18H,13-16H2,1H3. The molecule has 0 aliphatic carbocycles. The number of aromatic nitrogens is 1. The fourth-order valence-electron chi connectivity index (χ4n) is 4.25. The van der Waals surface area contributed by atoms with E-state index in [4.69, 9.17) is 9.72 Å². The molecule has 1 aliphatic heterocycles. The van der Waals surface area contributed by atoms with Crippen LogP contribution in [-0.4, -0.2) is 42.1 Å². The SMILES string of the molecule is Cc1cc(-c2ccccc2-c2ccccc2)c2cc(C(=O)N3CCOCC3)ccc2n1. The Morgan fingerprint density at radius 1 is 0.839 bits per heavy atom. The van der Waals surface area contributed by atoms with Crippen LogP contribution >= 0.6 is 0 Å². The lowest BCUT2D eigenvalue weighted by atomic mass is 9.91. The molecule has 1 aliphatic rings. The third-order valence-electron chi connectivity index (χ3n) is 5.78. The van der Waals surface area contributed by atoms with Gasteiger partial charge in [-0.1, -0.05) is 54.6 Å². The van der Waals surface area contributed by atoms with Crippen LogP contribution in [0.4, 0.5) is 0 Å². The smallest absolute Gasteiger partial charge is 0.254 e. The van der Waals surface area contributed by atoms with Crippen molar-refractivity contribution in [3.05, 3.63) is 90.1 Å². The van der Waals surface area contributed by atoms with Crippen LogP contribution in [0.15, 0.2) is 78.9 Å². The van der Waals surface area contributed by atoms with E-state index < -0.39 is 0 Å². The van der Waals surface area contributed by atoms with E-state index in [0.717, 1.165) is 27.7 Å². The summed E-state index contributed by atoms with van der Waals surface area (Å²) >= 11 is 0. The fourth-order valence-corrected chi connectivity index (χ4v) is 4.25. The van der Waals surface area contributed by atoms with Gasteiger partial charge in [-0.05, 0) is 53.4 Å². The van der Waals surface area contributed by atoms with Crippen LogP contribution in [-0.2, 0) is 4.74 Å². The third kappa shape index (κ3) is 3.82. The zero-order chi connectivity index (χ0) is 21.2. The Bertz CT molecular complexity index is 1240. The number of fused-ring (bicyclic) bond motifs is 1. The van der Waals surface area contributed by atoms with E-state index in [0.29, 0.717) is 31.9 Å². The van der Waals surface area contributed by atoms with Crippen molar-refractivity contribution in [3.63, 3.8) is 0 Å². The van der Waals surface area contributed by atoms with E-state index in [1.165, 1.54) is 11.1 Å². The van der Waals surface area contributed by atoms with Gasteiger partial charge in [0, 0.05) is 29.7 Å². The van der Waals surface area contributed by atoms with Gasteiger partial charge in [-0.3, -0.25) is 9.78 Å². The van der Waals surface area contributed by atoms with E-state index in [2.05, 4.69) is 54.6 Å². The van der Waals surface area contributed by atoms with Crippen LogP contribution in [0, 0.1) is 6.92 Å². The number of hydrogen-bond donors (Lipinski definition) is 0. The molecule has 1 aromatic heterocycles. The molecule has 31 heavy (non-hydrogen) atoms. The number of ether oxygens (including phenoxy) is 1. The lowest BCUT2D eigenvalue weighted by Gasteiger charge is -2.27. The average molecular weight is 409 g/mol. The number of morpholine rings is 1. The second-order valence-corrected chi connectivity index (χ2v) is 7.86. The molecule has 154 valence electrons. The van der Waals surface area contributed by atoms with Crippen LogP contribution in [0.3, 0.4) is 0 Å². The number of pyridine rings is 1. The summed E-state index contributed by atoms with van der Waals surface area (Å²) < 4.78 is 5.40. The van der Waals surface area contributed by atoms with E-state index >= 15 is 0 Å². The Morgan fingerprint density at radius 3 is 2.32 bits per heavy atom. The van der Waals surface area contributed by atoms with Crippen molar-refractivity contribution >= 4 is 16.8 Å². The van der Waals surface area contributed by atoms with Gasteiger partial charge in [0.25, 0.3) is 5.91 Å². The summed E-state index contributed by atoms with van der Waals surface area (Å²) in [6, 6.07) is 26.8. The molecule has 3 aromatic carbocycles. The normalized spacial score (nSPS) is 14.0. The number of amides is 1. The molecule has 0 bridgehead atoms. The number of aryl methyl sites for hydroxylation is 1. The van der Waals surface area contributed by atoms with Gasteiger partial charge in [0.1, 0.15) is 0 Å². The quantitative estimate of drug-likeness (QED) is 0.459. The van der Waals surface area contributed by atoms with E-state index in [1.54, 1.807) is 0 Å². The van der Waals surface area contributed by atoms with Crippen LogP contribution in [0.5, 0.6) is 0 Å². The molecule has 1 saturated heterocycles. The molecule has 4 nitrogen and oxygen atoms in total. The molecule has 4 heteroatoms. The highest BCUT2D eigenvalue weighted by molar-refractivity contribution is 6.04. The van der Waals surface area contributed by atoms with Crippen LogP contribution in [0.25, 0.3) is 33.2 Å². The molecule has 0 spiro atoms. The highest BCUT2D eigenvalue weighted by atomic mass is 16.5. The average Bonchev–Trinajstić information content (AvgIpc) is 2.84. The van der Waals surface area contributed by atoms with Crippen molar-refractivity contribution in [2.45, 2.75) is 6.92 Å². The maximum Gasteiger partial charge on any atom is 0.254 e. The molecule has 4 aromatic rings. The summed E-state index contributed by atoms with van der Waals surface area (Å²) in [5, 5.41) is 0.994. The van der Waals surface area contributed by atoms with Crippen molar-refractivity contribution in [3.8, 4) is 22.3 Å². The first-order chi connectivity index (χ1) is 15.2. The summed E-state index contributed by atoms with van der Waals surface area (Å²) in [7, 11) is 0. The van der Waals surface area contributed by atoms with Crippen molar-refractivity contribution in [2.24, 2.45) is 0 Å². The Labute approximate surface area is 182 Å². The topological polar surface area (TPSA) is 42.4 Å². The molecule has 2 heterocycles. The Morgan fingerprint density at radius 2 is 1.55 bits per heavy atom. The number of rotatable bonds is 3. The zero-order valence-electron chi connectivity index (χ0n) is 17.5. The summed E-state index contributed by atoms with van der Waals surface area (Å²) in [4.78, 5) is 19.7. The fraction of sp³-hybridized carbons (Fsp3) is 0.185. The predicted octanol–water partition coefficient (Wildman–Crippen LogP) is 5.35. The Kier molecular flexibility index (Phi) is 5.23. The summed E-state index contributed by atoms with van der Waals surface area (Å²) in [5.41, 5.74) is 7.12. The van der Waals surface area contributed by atoms with Crippen LogP contribution in [0.2, 0.25) is 0 Å². The third-order valence-corrected chi connectivity index (χ3v) is 5.78. The molecule has 5 rings (SSSR count). The van der Waals surface area contributed by atoms with Crippen LogP contribution in [0.1, 0.15) is 16.1 Å². The minimum atomic E-state index is 0.0491. The molecule has 0 unspecified atom stereocenters. The van der Waals surface area contributed by atoms with Crippen LogP contribution < -0.4 is 0 Å². The van der Waals surface area contributed by atoms with Gasteiger partial charge in [0.15, 0.2) is 0 Å². The summed E-state index contributed by atoms with van der Waals surface area (Å²) in [6.45, 7) is 4.46. The summed E-state index contributed by atoms with van der Waals surface area (Å²) in [6.07, 6.45) is 0. The number of hydrogen-bond acceptors (Lipinski definition) is 3. The van der Waals surface area contributed by atoms with Gasteiger partial charge in [-0.15, -0.1) is 0 Å². The number of benzene rings is 3. The van der Waals surface area contributed by atoms with E-state index in [9.17, 15) is 4.79 Å². The van der Waals surface area contributed by atoms with Gasteiger partial charge in [-0.2, -0.15) is 0 Å². The Balaban J connectivity index is 1.67. The van der Waals surface area contributed by atoms with Gasteiger partial charge in [0.05, 0.1) is 18.7 Å². The monoisotopic (exact) mass is 408 g/mol. The molecule has 1 amide bonds. The number of carbonyl (C=O) groups excluding carboxylic acids is 1. The molecule has 0 N–H and O–H groups in total. The lowest BCUT2D eigenvalue weighted by Crippen LogP contribution is -2.40. The molecular weight excluding hydrogens is 384 g/mol. The molecule has 0 radical (unpaired) electrons. The first kappa shape index (κ1) is 19.5. The predicted molar refractivity (Wildman–Crippen MR) is 124 cm³/mol. The molecular formula is C27H24N2O2. The molecule has 1 fully saturated rings. The minimum absolute atomic E-state index is 0.0491. The minimum Gasteiger partial charge on any atom is -0.378 e. The maximum atomic E-state index is 13.1. The zero-order valence-corrected chi connectivity index (χ0v) is 17.5. The molecule has 0 atom stereocenters. The van der Waals surface area contributed by atoms with E-state index in [1.807, 2.05) is 36.1 Å². The number of nitrogens with zero attached hydrogens (tertiary/aromatic N) is 2. The summed E-state index contributed by atoms with van der Waals surface area (Å²) in [5.74, 6) is 0.0491. The van der Waals surface area contributed by atoms with Gasteiger partial charge in [-0.25, -0.2) is 0 Å². The first-order valence-electron chi connectivity index (χ1n) is 10.6. The lowest BCUT2D eigenvalue weighted by molar-refractivity contribution is 0.0303. The first-order valence-corrected chi connectivity index (χ1v) is 10.6. The Hall–Kier alpha value is -3.50. The molecule has 0 saturated carbocycles. The second-order valence-electron chi connectivity index (χ2n) is 7.86. The number of carbonyl (C=O) groups is 1. The van der Waals surface area contributed by atoms with Gasteiger partial charge in [0.2, 0.25) is 0 Å². The van der Waals surface area contributed by atoms with Crippen molar-refractivity contribution in [1.82, 2.24) is 9.88 Å². The highest BCUT2D eigenvalue weighted by Crippen LogP contribution is 2.36. The van der Waals surface area contributed by atoms with Crippen molar-refractivity contribution in [1.29, 1.82) is 0 Å². The van der Waals surface area contributed by atoms with Gasteiger partial charge >= 0.3 is 0 Å². The highest BCUT2D eigenvalue weighted by Gasteiger charge is 2.20. The second kappa shape index (κ2) is 8.32. The maximum absolute atomic E-state index is 13.1. The largest absolute Gasteiger partial charge is 0.378 e. The van der Waals surface area contributed by atoms with E-state index in [-0.39, 0.29) is 5.91 Å². The van der Waals surface area contributed by atoms with Gasteiger partial charge < -0.3 is 9.64 Å². The van der Waals surface area contributed by atoms with Crippen molar-refractivity contribution < 1.29 is 9.53 Å².